The van der Waals surface area contributed by atoms with E-state index in [2.05, 4.69) is 0 Å². The number of amides is 1. The van der Waals surface area contributed by atoms with Crippen LogP contribution in [0.15, 0.2) is 18.2 Å². The Morgan fingerprint density at radius 2 is 2.22 bits per heavy atom. The van der Waals surface area contributed by atoms with Gasteiger partial charge in [-0.3, -0.25) is 19.7 Å². The van der Waals surface area contributed by atoms with Gasteiger partial charge in [-0.15, -0.1) is 0 Å². The van der Waals surface area contributed by atoms with E-state index in [9.17, 15) is 24.8 Å². The molecule has 2 rings (SSSR count). The van der Waals surface area contributed by atoms with Crippen molar-refractivity contribution in [3.63, 3.8) is 0 Å². The first-order chi connectivity index (χ1) is 10.8. The van der Waals surface area contributed by atoms with Crippen molar-refractivity contribution in [2.75, 3.05) is 32.5 Å². The zero-order valence-electron chi connectivity index (χ0n) is 12.5. The third-order valence-electron chi connectivity index (χ3n) is 4.03. The number of carboxylic acids is 1. The number of nitro benzene ring substituents is 1. The Morgan fingerprint density at radius 1 is 1.52 bits per heavy atom. The number of carbonyl (C=O) groups excluding carboxylic acids is 1. The first-order valence-electron chi connectivity index (χ1n) is 6.87. The lowest BCUT2D eigenvalue weighted by Crippen LogP contribution is -2.40. The van der Waals surface area contributed by atoms with Crippen LogP contribution >= 0.6 is 0 Å². The van der Waals surface area contributed by atoms with Crippen LogP contribution in [0.1, 0.15) is 16.8 Å². The Kier molecular flexibility index (Phi) is 4.50. The summed E-state index contributed by atoms with van der Waals surface area (Å²) in [6.07, 6.45) is 0.247. The Labute approximate surface area is 131 Å². The van der Waals surface area contributed by atoms with E-state index in [1.807, 2.05) is 0 Å². The van der Waals surface area contributed by atoms with Crippen LogP contribution in [0.4, 0.5) is 11.4 Å². The van der Waals surface area contributed by atoms with Crippen LogP contribution in [0.3, 0.4) is 0 Å². The van der Waals surface area contributed by atoms with Gasteiger partial charge in [0.25, 0.3) is 11.6 Å². The maximum atomic E-state index is 12.5. The lowest BCUT2D eigenvalue weighted by atomic mass is 9.88. The summed E-state index contributed by atoms with van der Waals surface area (Å²) in [7, 11) is 1.40. The normalized spacial score (nSPS) is 20.5. The highest BCUT2D eigenvalue weighted by molar-refractivity contribution is 6.01. The predicted molar refractivity (Wildman–Crippen MR) is 80.0 cm³/mol. The minimum Gasteiger partial charge on any atom is -0.481 e. The van der Waals surface area contributed by atoms with E-state index in [0.29, 0.717) is 0 Å². The number of likely N-dealkylation sites (tertiary alicyclic amines) is 1. The number of nitrogens with two attached hydrogens (primary N) is 1. The number of benzene rings is 1. The molecule has 1 aromatic rings. The van der Waals surface area contributed by atoms with Crippen molar-refractivity contribution in [3.05, 3.63) is 33.9 Å². The molecule has 1 aromatic carbocycles. The fraction of sp³-hybridized carbons (Fsp3) is 0.429. The number of anilines is 1. The standard InChI is InChI=1S/C14H17N3O6/c1-23-8-14(13(19)20)5-6-16(7-14)12(18)9-3-2-4-10(11(9)15)17(21)22/h2-4H,5-8,15H2,1H3,(H,19,20). The van der Waals surface area contributed by atoms with Gasteiger partial charge >= 0.3 is 5.97 Å². The Hall–Kier alpha value is -2.68. The number of nitro groups is 1. The van der Waals surface area contributed by atoms with E-state index in [1.54, 1.807) is 0 Å². The number of para-hydroxylation sites is 1. The number of aliphatic carboxylic acids is 1. The molecule has 9 heteroatoms. The van der Waals surface area contributed by atoms with Crippen molar-refractivity contribution in [2.24, 2.45) is 5.41 Å². The van der Waals surface area contributed by atoms with E-state index in [0.717, 1.165) is 0 Å². The van der Waals surface area contributed by atoms with Gasteiger partial charge in [0.05, 0.1) is 17.1 Å². The maximum absolute atomic E-state index is 12.5. The molecule has 1 unspecified atom stereocenters. The molecule has 23 heavy (non-hydrogen) atoms. The quantitative estimate of drug-likeness (QED) is 0.463. The summed E-state index contributed by atoms with van der Waals surface area (Å²) >= 11 is 0. The number of carbonyl (C=O) groups is 2. The SMILES string of the molecule is COCC1(C(=O)O)CCN(C(=O)c2cccc([N+](=O)[O-])c2N)C1. The van der Waals surface area contributed by atoms with E-state index in [1.165, 1.54) is 30.2 Å². The molecule has 0 spiro atoms. The molecule has 1 aliphatic heterocycles. The van der Waals surface area contributed by atoms with Crippen LogP contribution in [0.5, 0.6) is 0 Å². The van der Waals surface area contributed by atoms with Crippen LogP contribution in [-0.2, 0) is 9.53 Å². The third-order valence-corrected chi connectivity index (χ3v) is 4.03. The van der Waals surface area contributed by atoms with Gasteiger partial charge in [0.1, 0.15) is 11.1 Å². The van der Waals surface area contributed by atoms with Gasteiger partial charge in [-0.05, 0) is 12.5 Å². The Bertz CT molecular complexity index is 662. The minimum atomic E-state index is -1.17. The summed E-state index contributed by atoms with van der Waals surface area (Å²) in [5.41, 5.74) is 3.97. The molecule has 0 radical (unpaired) electrons. The predicted octanol–water partition coefficient (Wildman–Crippen LogP) is 0.740. The molecule has 1 atom stereocenters. The largest absolute Gasteiger partial charge is 0.481 e. The fourth-order valence-electron chi connectivity index (χ4n) is 2.75. The second kappa shape index (κ2) is 6.21. The van der Waals surface area contributed by atoms with Gasteiger partial charge < -0.3 is 20.5 Å². The van der Waals surface area contributed by atoms with Gasteiger partial charge in [-0.25, -0.2) is 0 Å². The van der Waals surface area contributed by atoms with Crippen LogP contribution in [0.25, 0.3) is 0 Å². The minimum absolute atomic E-state index is 0.00203. The topological polar surface area (TPSA) is 136 Å². The lowest BCUT2D eigenvalue weighted by molar-refractivity contribution is -0.383. The van der Waals surface area contributed by atoms with E-state index < -0.39 is 22.2 Å². The van der Waals surface area contributed by atoms with E-state index in [-0.39, 0.29) is 43.1 Å². The number of ether oxygens (including phenoxy) is 1. The zero-order valence-corrected chi connectivity index (χ0v) is 12.5. The number of methoxy groups -OCH3 is 1. The molecule has 1 heterocycles. The van der Waals surface area contributed by atoms with Gasteiger partial charge in [-0.1, -0.05) is 6.07 Å². The molecule has 1 amide bonds. The molecule has 1 fully saturated rings. The molecule has 124 valence electrons. The number of hydrogen-bond acceptors (Lipinski definition) is 6. The Morgan fingerprint density at radius 3 is 2.78 bits per heavy atom. The summed E-state index contributed by atoms with van der Waals surface area (Å²) in [5.74, 6) is -1.56. The highest BCUT2D eigenvalue weighted by Gasteiger charge is 2.46. The van der Waals surface area contributed by atoms with Gasteiger partial charge in [0.15, 0.2) is 0 Å². The van der Waals surface area contributed by atoms with Crippen molar-refractivity contribution in [2.45, 2.75) is 6.42 Å². The first kappa shape index (κ1) is 16.7. The molecule has 9 nitrogen and oxygen atoms in total. The third kappa shape index (κ3) is 2.95. The molecule has 0 aromatic heterocycles. The summed E-state index contributed by atoms with van der Waals surface area (Å²) < 4.78 is 4.97. The van der Waals surface area contributed by atoms with Gasteiger partial charge in [-0.2, -0.15) is 0 Å². The second-order valence-electron chi connectivity index (χ2n) is 5.49. The smallest absolute Gasteiger partial charge is 0.313 e. The van der Waals surface area contributed by atoms with Crippen molar-refractivity contribution in [1.82, 2.24) is 4.90 Å². The van der Waals surface area contributed by atoms with Gasteiger partial charge in [0.2, 0.25) is 0 Å². The monoisotopic (exact) mass is 323 g/mol. The molecule has 1 aliphatic rings. The number of nitrogens with zero attached hydrogens (tertiary/aromatic N) is 2. The second-order valence-corrected chi connectivity index (χ2v) is 5.49. The van der Waals surface area contributed by atoms with Gasteiger partial charge in [0, 0.05) is 26.3 Å². The highest BCUT2D eigenvalue weighted by Crippen LogP contribution is 2.34. The summed E-state index contributed by atoms with van der Waals surface area (Å²) in [4.78, 5) is 35.6. The molecule has 3 N–H and O–H groups in total. The van der Waals surface area contributed by atoms with Crippen molar-refractivity contribution >= 4 is 23.3 Å². The fourth-order valence-corrected chi connectivity index (χ4v) is 2.75. The van der Waals surface area contributed by atoms with E-state index in [4.69, 9.17) is 10.5 Å². The highest BCUT2D eigenvalue weighted by atomic mass is 16.6. The lowest BCUT2D eigenvalue weighted by Gasteiger charge is -2.24. The molecule has 0 bridgehead atoms. The summed E-state index contributed by atoms with van der Waals surface area (Å²) in [6.45, 7) is 0.171. The molecular formula is C14H17N3O6. The van der Waals surface area contributed by atoms with Crippen molar-refractivity contribution in [1.29, 1.82) is 0 Å². The molecule has 0 aliphatic carbocycles. The molecule has 1 saturated heterocycles. The number of rotatable bonds is 5. The van der Waals surface area contributed by atoms with E-state index >= 15 is 0 Å². The van der Waals surface area contributed by atoms with Crippen LogP contribution in [0, 0.1) is 15.5 Å². The average molecular weight is 323 g/mol. The first-order valence-corrected chi connectivity index (χ1v) is 6.87. The number of carboxylic acid groups (broad SMARTS) is 1. The van der Waals surface area contributed by atoms with Crippen LogP contribution in [-0.4, -0.2) is 53.6 Å². The number of nitrogen functional groups attached to an aromatic ring is 1. The summed E-state index contributed by atoms with van der Waals surface area (Å²) in [6, 6.07) is 3.97. The van der Waals surface area contributed by atoms with Crippen LogP contribution < -0.4 is 5.73 Å². The van der Waals surface area contributed by atoms with Crippen molar-refractivity contribution in [3.8, 4) is 0 Å². The maximum Gasteiger partial charge on any atom is 0.313 e. The average Bonchev–Trinajstić information content (AvgIpc) is 2.92. The zero-order chi connectivity index (χ0) is 17.2. The number of hydrogen-bond donors (Lipinski definition) is 2. The van der Waals surface area contributed by atoms with Crippen molar-refractivity contribution < 1.29 is 24.4 Å². The molecular weight excluding hydrogens is 306 g/mol. The summed E-state index contributed by atoms with van der Waals surface area (Å²) in [5, 5.41) is 20.3. The molecule has 0 saturated carbocycles. The van der Waals surface area contributed by atoms with Crippen LogP contribution in [0.2, 0.25) is 0 Å². The Balaban J connectivity index is 2.28.